The average molecular weight is 427 g/mol. The Labute approximate surface area is 169 Å². The molecule has 1 aliphatic heterocycles. The highest BCUT2D eigenvalue weighted by atomic mass is 19.4. The summed E-state index contributed by atoms with van der Waals surface area (Å²) in [5.41, 5.74) is -0.902. The van der Waals surface area contributed by atoms with Crippen molar-refractivity contribution in [3.8, 4) is 0 Å². The minimum absolute atomic E-state index is 0.127. The van der Waals surface area contributed by atoms with Crippen molar-refractivity contribution in [1.82, 2.24) is 10.1 Å². The first kappa shape index (κ1) is 21.6. The molecule has 2 heterocycles. The topological polar surface area (TPSA) is 105 Å². The lowest BCUT2D eigenvalue weighted by Gasteiger charge is -2.38. The zero-order valence-electron chi connectivity index (χ0n) is 16.3. The highest BCUT2D eigenvalue weighted by molar-refractivity contribution is 5.93. The first-order chi connectivity index (χ1) is 14.1. The van der Waals surface area contributed by atoms with Crippen LogP contribution in [0.25, 0.3) is 0 Å². The van der Waals surface area contributed by atoms with Gasteiger partial charge in [0.25, 0.3) is 5.69 Å². The molecule has 3 rings (SSSR count). The Hall–Kier alpha value is -3.15. The van der Waals surface area contributed by atoms with E-state index in [1.807, 2.05) is 4.90 Å². The van der Waals surface area contributed by atoms with Gasteiger partial charge >= 0.3 is 6.18 Å². The summed E-state index contributed by atoms with van der Waals surface area (Å²) in [5.74, 6) is -0.0523. The van der Waals surface area contributed by atoms with E-state index >= 15 is 0 Å². The van der Waals surface area contributed by atoms with Crippen molar-refractivity contribution in [3.63, 3.8) is 0 Å². The van der Waals surface area contributed by atoms with E-state index in [0.717, 1.165) is 12.1 Å². The summed E-state index contributed by atoms with van der Waals surface area (Å²) in [6.45, 7) is 4.90. The number of hydrogen-bond acceptors (Lipinski definition) is 7. The van der Waals surface area contributed by atoms with Gasteiger partial charge in [-0.1, -0.05) is 5.16 Å². The molecule has 1 amide bonds. The van der Waals surface area contributed by atoms with Crippen LogP contribution in [0.2, 0.25) is 0 Å². The Bertz CT molecular complexity index is 938. The molecule has 162 valence electrons. The van der Waals surface area contributed by atoms with E-state index in [9.17, 15) is 28.1 Å². The smallest absolute Gasteiger partial charge is 0.363 e. The summed E-state index contributed by atoms with van der Waals surface area (Å²) in [6, 6.07) is 3.60. The maximum atomic E-state index is 12.9. The van der Waals surface area contributed by atoms with Crippen LogP contribution in [0.1, 0.15) is 18.2 Å². The predicted molar refractivity (Wildman–Crippen MR) is 101 cm³/mol. The minimum Gasteiger partial charge on any atom is -0.363 e. The van der Waals surface area contributed by atoms with E-state index in [4.69, 9.17) is 4.52 Å². The van der Waals surface area contributed by atoms with Gasteiger partial charge in [0.2, 0.25) is 11.8 Å². The van der Waals surface area contributed by atoms with E-state index < -0.39 is 28.4 Å². The Morgan fingerprint density at radius 2 is 1.93 bits per heavy atom. The standard InChI is InChI=1S/C18H20F3N5O4/c1-11-9-16(30-23-11)22-17(27)12(2)24-5-7-25(8-6-24)14-4-3-13(18(19,20)21)10-15(14)26(28)29/h3-4,9-10,12H,5-8H2,1-2H3,(H,22,27). The van der Waals surface area contributed by atoms with Crippen LogP contribution in [-0.2, 0) is 11.0 Å². The summed E-state index contributed by atoms with van der Waals surface area (Å²) < 4.78 is 43.6. The van der Waals surface area contributed by atoms with E-state index in [2.05, 4.69) is 10.5 Å². The molecule has 1 aromatic carbocycles. The molecular formula is C18H20F3N5O4. The monoisotopic (exact) mass is 427 g/mol. The summed E-state index contributed by atoms with van der Waals surface area (Å²) >= 11 is 0. The molecule has 1 aliphatic rings. The van der Waals surface area contributed by atoms with Gasteiger partial charge in [-0.25, -0.2) is 0 Å². The molecule has 30 heavy (non-hydrogen) atoms. The second kappa shape index (κ2) is 8.30. The number of benzene rings is 1. The summed E-state index contributed by atoms with van der Waals surface area (Å²) in [7, 11) is 0. The number of hydrogen-bond donors (Lipinski definition) is 1. The average Bonchev–Trinajstić information content (AvgIpc) is 3.10. The van der Waals surface area contributed by atoms with Crippen LogP contribution in [0, 0.1) is 17.0 Å². The number of carbonyl (C=O) groups excluding carboxylic acids is 1. The zero-order chi connectivity index (χ0) is 22.1. The van der Waals surface area contributed by atoms with Gasteiger partial charge in [-0.15, -0.1) is 0 Å². The van der Waals surface area contributed by atoms with Gasteiger partial charge in [0, 0.05) is 38.3 Å². The molecule has 1 fully saturated rings. The number of alkyl halides is 3. The number of carbonyl (C=O) groups is 1. The second-order valence-corrected chi connectivity index (χ2v) is 6.98. The van der Waals surface area contributed by atoms with Gasteiger partial charge in [0.05, 0.1) is 22.2 Å². The zero-order valence-corrected chi connectivity index (χ0v) is 16.3. The molecule has 1 aromatic heterocycles. The number of nitro benzene ring substituents is 1. The van der Waals surface area contributed by atoms with Crippen LogP contribution in [0.3, 0.4) is 0 Å². The molecule has 0 radical (unpaired) electrons. The molecule has 2 aromatic rings. The lowest BCUT2D eigenvalue weighted by atomic mass is 10.1. The van der Waals surface area contributed by atoms with Crippen LogP contribution < -0.4 is 10.2 Å². The first-order valence-electron chi connectivity index (χ1n) is 9.15. The molecule has 1 unspecified atom stereocenters. The van der Waals surface area contributed by atoms with Crippen molar-refractivity contribution in [1.29, 1.82) is 0 Å². The van der Waals surface area contributed by atoms with Crippen LogP contribution in [-0.4, -0.2) is 53.1 Å². The molecule has 1 N–H and O–H groups in total. The number of anilines is 2. The SMILES string of the molecule is Cc1cc(NC(=O)C(C)N2CCN(c3ccc(C(F)(F)F)cc3[N+](=O)[O-])CC2)on1. The second-order valence-electron chi connectivity index (χ2n) is 6.98. The van der Waals surface area contributed by atoms with Gasteiger partial charge in [0.15, 0.2) is 0 Å². The van der Waals surface area contributed by atoms with Crippen LogP contribution in [0.15, 0.2) is 28.8 Å². The fraction of sp³-hybridized carbons (Fsp3) is 0.444. The summed E-state index contributed by atoms with van der Waals surface area (Å²) in [4.78, 5) is 26.4. The van der Waals surface area contributed by atoms with E-state index in [1.54, 1.807) is 24.8 Å². The number of halogens is 3. The molecular weight excluding hydrogens is 407 g/mol. The Morgan fingerprint density at radius 3 is 2.47 bits per heavy atom. The lowest BCUT2D eigenvalue weighted by Crippen LogP contribution is -2.53. The van der Waals surface area contributed by atoms with Gasteiger partial charge in [0.1, 0.15) is 5.69 Å². The summed E-state index contributed by atoms with van der Waals surface area (Å²) in [6.07, 6.45) is -4.66. The largest absolute Gasteiger partial charge is 0.416 e. The van der Waals surface area contributed by atoms with E-state index in [-0.39, 0.29) is 17.5 Å². The molecule has 0 aliphatic carbocycles. The number of rotatable bonds is 5. The highest BCUT2D eigenvalue weighted by Gasteiger charge is 2.34. The Kier molecular flexibility index (Phi) is 5.97. The van der Waals surface area contributed by atoms with Crippen molar-refractivity contribution < 1.29 is 27.4 Å². The van der Waals surface area contributed by atoms with Gasteiger partial charge < -0.3 is 9.42 Å². The maximum Gasteiger partial charge on any atom is 0.416 e. The molecule has 9 nitrogen and oxygen atoms in total. The van der Waals surface area contributed by atoms with Crippen LogP contribution >= 0.6 is 0 Å². The number of aromatic nitrogens is 1. The number of piperazine rings is 1. The van der Waals surface area contributed by atoms with Crippen molar-refractivity contribution in [2.24, 2.45) is 0 Å². The van der Waals surface area contributed by atoms with Crippen molar-refractivity contribution >= 4 is 23.2 Å². The molecule has 0 bridgehead atoms. The van der Waals surface area contributed by atoms with E-state index in [1.165, 1.54) is 0 Å². The van der Waals surface area contributed by atoms with Gasteiger partial charge in [-0.2, -0.15) is 13.2 Å². The lowest BCUT2D eigenvalue weighted by molar-refractivity contribution is -0.384. The third-order valence-corrected chi connectivity index (χ3v) is 4.96. The summed E-state index contributed by atoms with van der Waals surface area (Å²) in [5, 5.41) is 17.6. The Balaban J connectivity index is 1.66. The van der Waals surface area contributed by atoms with Crippen LogP contribution in [0.4, 0.5) is 30.4 Å². The molecule has 0 saturated carbocycles. The van der Waals surface area contributed by atoms with E-state index in [0.29, 0.717) is 37.9 Å². The van der Waals surface area contributed by atoms with Crippen molar-refractivity contribution in [3.05, 3.63) is 45.6 Å². The third kappa shape index (κ3) is 4.70. The molecule has 1 saturated heterocycles. The molecule has 12 heteroatoms. The van der Waals surface area contributed by atoms with Gasteiger partial charge in [-0.05, 0) is 26.0 Å². The number of amides is 1. The molecule has 1 atom stereocenters. The fourth-order valence-electron chi connectivity index (χ4n) is 3.28. The van der Waals surface area contributed by atoms with Crippen molar-refractivity contribution in [2.75, 3.05) is 36.4 Å². The first-order valence-corrected chi connectivity index (χ1v) is 9.15. The van der Waals surface area contributed by atoms with Crippen molar-refractivity contribution in [2.45, 2.75) is 26.1 Å². The normalized spacial score (nSPS) is 16.4. The maximum absolute atomic E-state index is 12.9. The Morgan fingerprint density at radius 1 is 1.27 bits per heavy atom. The number of nitro groups is 1. The minimum atomic E-state index is -4.66. The third-order valence-electron chi connectivity index (χ3n) is 4.96. The van der Waals surface area contributed by atoms with Crippen LogP contribution in [0.5, 0.6) is 0 Å². The number of nitrogens with zero attached hydrogens (tertiary/aromatic N) is 4. The predicted octanol–water partition coefficient (Wildman–Crippen LogP) is 3.06. The fourth-order valence-corrected chi connectivity index (χ4v) is 3.28. The van der Waals surface area contributed by atoms with Gasteiger partial charge in [-0.3, -0.25) is 25.1 Å². The highest BCUT2D eigenvalue weighted by Crippen LogP contribution is 2.36. The molecule has 0 spiro atoms. The number of aryl methyl sites for hydroxylation is 1. The quantitative estimate of drug-likeness (QED) is 0.578. The number of nitrogens with one attached hydrogen (secondary N) is 1.